The number of benzene rings is 2. The maximum Gasteiger partial charge on any atom is 0.255 e. The minimum atomic E-state index is -0.206. The van der Waals surface area contributed by atoms with Gasteiger partial charge in [0.15, 0.2) is 5.65 Å². The maximum atomic E-state index is 13.8. The van der Waals surface area contributed by atoms with Gasteiger partial charge in [0.05, 0.1) is 30.3 Å². The highest BCUT2D eigenvalue weighted by molar-refractivity contribution is 6.06. The first-order valence-corrected chi connectivity index (χ1v) is 15.8. The molecule has 1 aliphatic heterocycles. The molecule has 0 atom stereocenters. The first kappa shape index (κ1) is 31.4. The van der Waals surface area contributed by atoms with E-state index < -0.39 is 0 Å². The number of amides is 2. The van der Waals surface area contributed by atoms with E-state index in [4.69, 9.17) is 0 Å². The van der Waals surface area contributed by atoms with Gasteiger partial charge in [0.1, 0.15) is 5.69 Å². The summed E-state index contributed by atoms with van der Waals surface area (Å²) in [5.74, 6) is 6.43. The van der Waals surface area contributed by atoms with E-state index in [1.807, 2.05) is 67.9 Å². The van der Waals surface area contributed by atoms with Crippen molar-refractivity contribution in [2.75, 3.05) is 42.2 Å². The molecule has 47 heavy (non-hydrogen) atoms. The molecule has 1 fully saturated rings. The van der Waals surface area contributed by atoms with Crippen LogP contribution in [0.4, 0.5) is 22.7 Å². The van der Waals surface area contributed by atoms with Crippen molar-refractivity contribution in [3.63, 3.8) is 0 Å². The predicted molar refractivity (Wildman–Crippen MR) is 187 cm³/mol. The smallest absolute Gasteiger partial charge is 0.255 e. The molecule has 240 valence electrons. The third-order valence-corrected chi connectivity index (χ3v) is 9.12. The van der Waals surface area contributed by atoms with Gasteiger partial charge in [0.2, 0.25) is 5.91 Å². The molecule has 1 aliphatic rings. The van der Waals surface area contributed by atoms with E-state index in [0.717, 1.165) is 63.6 Å². The number of anilines is 4. The van der Waals surface area contributed by atoms with Crippen LogP contribution in [-0.2, 0) is 10.2 Å². The number of nitrogens with one attached hydrogen (secondary N) is 3. The van der Waals surface area contributed by atoms with Gasteiger partial charge in [0, 0.05) is 55.0 Å². The molecule has 3 N–H and O–H groups in total. The number of aromatic amines is 1. The molecule has 10 heteroatoms. The van der Waals surface area contributed by atoms with E-state index in [9.17, 15) is 9.59 Å². The Bertz CT molecular complexity index is 2030. The van der Waals surface area contributed by atoms with Crippen molar-refractivity contribution in [2.45, 2.75) is 46.5 Å². The van der Waals surface area contributed by atoms with Crippen LogP contribution in [0.25, 0.3) is 5.65 Å². The average molecular weight is 629 g/mol. The summed E-state index contributed by atoms with van der Waals surface area (Å²) in [5, 5.41) is 13.3. The van der Waals surface area contributed by atoms with Crippen LogP contribution in [0, 0.1) is 25.7 Å². The molecule has 2 amide bonds. The second kappa shape index (κ2) is 12.7. The molecule has 4 heterocycles. The summed E-state index contributed by atoms with van der Waals surface area (Å²) in [6.07, 6.45) is 8.08. The number of fused-ring (bicyclic) bond motifs is 1. The zero-order valence-corrected chi connectivity index (χ0v) is 27.7. The SMILES string of the molecule is CCC(C)(C)c1cc(NC(=O)c2cc(C#Cc3cnc4c(Nc5cn[nH]c5)cccn34)c(C)cc2C)cc(N2CCN(C)C(=O)C2)c1. The largest absolute Gasteiger partial charge is 0.360 e. The standard InChI is InChI=1S/C37H40N8O2/c1-7-37(4,5)27-17-28(19-31(18-27)44-14-13-43(6)34(46)23-44)42-36(47)32-16-26(24(2)15-25(32)3)10-11-30-22-38-35-33(9-8-12-45(30)35)41-29-20-39-40-21-29/h8-9,12,15-22,41H,7,13-14,23H2,1-6H3,(H,39,40)(H,42,47). The van der Waals surface area contributed by atoms with Crippen molar-refractivity contribution in [3.05, 3.63) is 101 Å². The Labute approximate surface area is 275 Å². The van der Waals surface area contributed by atoms with Crippen molar-refractivity contribution in [3.8, 4) is 11.8 Å². The van der Waals surface area contributed by atoms with Gasteiger partial charge in [-0.25, -0.2) is 4.98 Å². The third-order valence-electron chi connectivity index (χ3n) is 9.12. The fourth-order valence-electron chi connectivity index (χ4n) is 5.68. The van der Waals surface area contributed by atoms with Crippen LogP contribution >= 0.6 is 0 Å². The number of piperazine rings is 1. The Hall–Kier alpha value is -5.56. The summed E-state index contributed by atoms with van der Waals surface area (Å²) in [6.45, 7) is 12.2. The highest BCUT2D eigenvalue weighted by Crippen LogP contribution is 2.34. The molecular weight excluding hydrogens is 588 g/mol. The second-order valence-electron chi connectivity index (χ2n) is 12.8. The van der Waals surface area contributed by atoms with E-state index in [1.54, 1.807) is 23.5 Å². The van der Waals surface area contributed by atoms with Crippen LogP contribution in [0.5, 0.6) is 0 Å². The highest BCUT2D eigenvalue weighted by atomic mass is 16.2. The lowest BCUT2D eigenvalue weighted by Crippen LogP contribution is -2.48. The van der Waals surface area contributed by atoms with Gasteiger partial charge in [-0.15, -0.1) is 0 Å². The summed E-state index contributed by atoms with van der Waals surface area (Å²) < 4.78 is 1.93. The Morgan fingerprint density at radius 1 is 1.04 bits per heavy atom. The molecular formula is C37H40N8O2. The minimum absolute atomic E-state index is 0.0844. The van der Waals surface area contributed by atoms with E-state index in [1.165, 1.54) is 0 Å². The summed E-state index contributed by atoms with van der Waals surface area (Å²) in [7, 11) is 1.83. The highest BCUT2D eigenvalue weighted by Gasteiger charge is 2.25. The molecule has 0 bridgehead atoms. The molecule has 2 aromatic carbocycles. The first-order chi connectivity index (χ1) is 22.5. The Morgan fingerprint density at radius 3 is 2.62 bits per heavy atom. The molecule has 5 aromatic rings. The molecule has 6 rings (SSSR count). The molecule has 0 radical (unpaired) electrons. The number of carbonyl (C=O) groups is 2. The van der Waals surface area contributed by atoms with Crippen LogP contribution in [0.3, 0.4) is 0 Å². The van der Waals surface area contributed by atoms with Gasteiger partial charge in [0.25, 0.3) is 5.91 Å². The number of aromatic nitrogens is 4. The monoisotopic (exact) mass is 628 g/mol. The Kier molecular flexibility index (Phi) is 8.48. The quantitative estimate of drug-likeness (QED) is 0.190. The molecule has 0 saturated carbocycles. The summed E-state index contributed by atoms with van der Waals surface area (Å²) in [4.78, 5) is 34.8. The molecule has 0 unspecified atom stereocenters. The zero-order chi connectivity index (χ0) is 33.3. The van der Waals surface area contributed by atoms with Crippen LogP contribution in [-0.4, -0.2) is 63.0 Å². The lowest BCUT2D eigenvalue weighted by molar-refractivity contribution is -0.129. The normalized spacial score (nSPS) is 13.4. The van der Waals surface area contributed by atoms with Gasteiger partial charge in [-0.2, -0.15) is 5.10 Å². The number of hydrogen-bond acceptors (Lipinski definition) is 6. The van der Waals surface area contributed by atoms with Crippen molar-refractivity contribution < 1.29 is 9.59 Å². The van der Waals surface area contributed by atoms with Gasteiger partial charge in [-0.3, -0.25) is 19.1 Å². The Balaban J connectivity index is 1.29. The second-order valence-corrected chi connectivity index (χ2v) is 12.8. The summed E-state index contributed by atoms with van der Waals surface area (Å²) >= 11 is 0. The van der Waals surface area contributed by atoms with Gasteiger partial charge in [-0.05, 0) is 84.7 Å². The number of H-pyrrole nitrogens is 1. The van der Waals surface area contributed by atoms with Crippen LogP contribution in [0.15, 0.2) is 67.3 Å². The van der Waals surface area contributed by atoms with E-state index in [0.29, 0.717) is 24.3 Å². The average Bonchev–Trinajstić information content (AvgIpc) is 3.72. The Morgan fingerprint density at radius 2 is 1.87 bits per heavy atom. The first-order valence-electron chi connectivity index (χ1n) is 15.8. The van der Waals surface area contributed by atoms with Gasteiger partial charge >= 0.3 is 0 Å². The minimum Gasteiger partial charge on any atom is -0.360 e. The number of rotatable bonds is 7. The van der Waals surface area contributed by atoms with Gasteiger partial charge < -0.3 is 20.4 Å². The van der Waals surface area contributed by atoms with E-state index in [-0.39, 0.29) is 17.2 Å². The number of aryl methyl sites for hydroxylation is 2. The van der Waals surface area contributed by atoms with Crippen molar-refractivity contribution in [1.29, 1.82) is 0 Å². The number of pyridine rings is 1. The number of hydrogen-bond donors (Lipinski definition) is 3. The van der Waals surface area contributed by atoms with Crippen LogP contribution < -0.4 is 15.5 Å². The van der Waals surface area contributed by atoms with Crippen LogP contribution in [0.2, 0.25) is 0 Å². The fourth-order valence-corrected chi connectivity index (χ4v) is 5.68. The molecule has 1 saturated heterocycles. The van der Waals surface area contributed by atoms with Crippen molar-refractivity contribution in [1.82, 2.24) is 24.5 Å². The predicted octanol–water partition coefficient (Wildman–Crippen LogP) is 6.04. The number of nitrogens with zero attached hydrogens (tertiary/aromatic N) is 5. The van der Waals surface area contributed by atoms with Crippen LogP contribution in [0.1, 0.15) is 65.5 Å². The lowest BCUT2D eigenvalue weighted by atomic mass is 9.81. The lowest BCUT2D eigenvalue weighted by Gasteiger charge is -2.35. The van der Waals surface area contributed by atoms with E-state index in [2.05, 4.69) is 69.4 Å². The third kappa shape index (κ3) is 6.56. The molecule has 10 nitrogen and oxygen atoms in total. The van der Waals surface area contributed by atoms with E-state index >= 15 is 0 Å². The maximum absolute atomic E-state index is 13.8. The fraction of sp³-hybridized carbons (Fsp3) is 0.297. The summed E-state index contributed by atoms with van der Waals surface area (Å²) in [5.41, 5.74) is 8.95. The number of imidazole rings is 1. The van der Waals surface area contributed by atoms with Gasteiger partial charge in [-0.1, -0.05) is 32.8 Å². The molecule has 3 aromatic heterocycles. The summed E-state index contributed by atoms with van der Waals surface area (Å²) in [6, 6.07) is 13.9. The number of carbonyl (C=O) groups excluding carboxylic acids is 2. The molecule has 0 spiro atoms. The zero-order valence-electron chi connectivity index (χ0n) is 27.7. The van der Waals surface area contributed by atoms with Crippen molar-refractivity contribution in [2.24, 2.45) is 0 Å². The van der Waals surface area contributed by atoms with Crippen molar-refractivity contribution >= 4 is 40.2 Å². The molecule has 0 aliphatic carbocycles. The topological polar surface area (TPSA) is 111 Å². The number of likely N-dealkylation sites (N-methyl/N-ethyl adjacent to an activating group) is 1.